The monoisotopic (exact) mass is 462 g/mol. The number of Topliss-reactive ketones (excluding diaryl/α,β-unsaturated/α-hetero) is 1. The molecule has 2 N–H and O–H groups in total. The molecule has 4 aromatic rings. The first-order chi connectivity index (χ1) is 16.4. The van der Waals surface area contributed by atoms with Crippen molar-refractivity contribution in [3.8, 4) is 11.3 Å². The van der Waals surface area contributed by atoms with Crippen LogP contribution in [0.3, 0.4) is 0 Å². The van der Waals surface area contributed by atoms with Crippen LogP contribution in [0.25, 0.3) is 22.3 Å². The molecule has 0 radical (unpaired) electrons. The second-order valence-electron chi connectivity index (χ2n) is 7.55. The van der Waals surface area contributed by atoms with E-state index in [1.165, 1.54) is 18.3 Å². The summed E-state index contributed by atoms with van der Waals surface area (Å²) in [7, 11) is 1.16. The van der Waals surface area contributed by atoms with E-state index in [0.717, 1.165) is 23.9 Å². The molecule has 0 saturated heterocycles. The Balaban J connectivity index is 0.00000158. The number of carbonyl (C=O) groups is 2. The quantitative estimate of drug-likeness (QED) is 0.207. The fourth-order valence-corrected chi connectivity index (χ4v) is 3.50. The zero-order valence-corrected chi connectivity index (χ0v) is 19.8. The summed E-state index contributed by atoms with van der Waals surface area (Å²) in [5.41, 5.74) is 4.40. The molecule has 3 aromatic heterocycles. The Kier molecular flexibility index (Phi) is 7.73. The molecule has 0 unspecified atom stereocenters. The lowest BCUT2D eigenvalue weighted by atomic mass is 10.0. The predicted octanol–water partition coefficient (Wildman–Crippen LogP) is 6.01. The molecule has 176 valence electrons. The van der Waals surface area contributed by atoms with Gasteiger partial charge in [-0.2, -0.15) is 0 Å². The van der Waals surface area contributed by atoms with Crippen molar-refractivity contribution < 1.29 is 18.7 Å². The molecule has 0 aliphatic heterocycles. The Labute approximate surface area is 197 Å². The summed E-state index contributed by atoms with van der Waals surface area (Å²) in [6.07, 6.45) is 4.83. The van der Waals surface area contributed by atoms with E-state index in [0.29, 0.717) is 22.4 Å². The minimum atomic E-state index is -0.953. The molecule has 0 saturated carbocycles. The smallest absolute Gasteiger partial charge is 0.379 e. The van der Waals surface area contributed by atoms with Crippen LogP contribution in [0, 0.1) is 5.82 Å². The predicted molar refractivity (Wildman–Crippen MR) is 131 cm³/mol. The normalized spacial score (nSPS) is 10.6. The van der Waals surface area contributed by atoms with Crippen molar-refractivity contribution in [3.05, 3.63) is 71.9 Å². The van der Waals surface area contributed by atoms with E-state index in [-0.39, 0.29) is 17.3 Å². The highest BCUT2D eigenvalue weighted by Crippen LogP contribution is 2.34. The summed E-state index contributed by atoms with van der Waals surface area (Å²) < 4.78 is 17.9. The maximum absolute atomic E-state index is 13.3. The molecule has 0 amide bonds. The summed E-state index contributed by atoms with van der Waals surface area (Å²) >= 11 is 0. The lowest BCUT2D eigenvalue weighted by Gasteiger charge is -2.17. The van der Waals surface area contributed by atoms with Crippen LogP contribution in [0.5, 0.6) is 0 Å². The average molecular weight is 463 g/mol. The van der Waals surface area contributed by atoms with Gasteiger partial charge in [0.1, 0.15) is 11.5 Å². The van der Waals surface area contributed by atoms with Gasteiger partial charge in [-0.05, 0) is 47.9 Å². The number of aromatic nitrogens is 3. The highest BCUT2D eigenvalue weighted by Gasteiger charge is 2.23. The van der Waals surface area contributed by atoms with Gasteiger partial charge in [0.05, 0.1) is 29.4 Å². The van der Waals surface area contributed by atoms with Crippen molar-refractivity contribution in [2.75, 3.05) is 12.4 Å². The second kappa shape index (κ2) is 10.7. The molecule has 34 heavy (non-hydrogen) atoms. The number of aromatic amines is 1. The zero-order valence-electron chi connectivity index (χ0n) is 19.8. The molecule has 1 aromatic carbocycles. The molecule has 0 spiro atoms. The highest BCUT2D eigenvalue weighted by molar-refractivity contribution is 6.43. The van der Waals surface area contributed by atoms with Crippen LogP contribution in [0.1, 0.15) is 49.5 Å². The molecule has 0 atom stereocenters. The van der Waals surface area contributed by atoms with Crippen molar-refractivity contribution >= 4 is 34.2 Å². The first kappa shape index (κ1) is 24.6. The first-order valence-electron chi connectivity index (χ1n) is 11.0. The molecule has 0 aliphatic carbocycles. The number of esters is 1. The molecular formula is C26H27FN4O3. The fraction of sp³-hybridized carbons (Fsp3) is 0.231. The number of pyridine rings is 2. The van der Waals surface area contributed by atoms with Crippen LogP contribution in [0.15, 0.2) is 55.0 Å². The van der Waals surface area contributed by atoms with E-state index in [1.54, 1.807) is 30.6 Å². The first-order valence-corrected chi connectivity index (χ1v) is 11.0. The van der Waals surface area contributed by atoms with Crippen molar-refractivity contribution in [1.29, 1.82) is 0 Å². The number of H-pyrrole nitrogens is 1. The number of benzene rings is 1. The summed E-state index contributed by atoms with van der Waals surface area (Å²) in [5.74, 6) is -1.88. The molecule has 0 fully saturated rings. The van der Waals surface area contributed by atoms with E-state index < -0.39 is 11.8 Å². The van der Waals surface area contributed by atoms with Gasteiger partial charge in [0.2, 0.25) is 0 Å². The number of methoxy groups -OCH3 is 1. The lowest BCUT2D eigenvalue weighted by Crippen LogP contribution is -2.15. The van der Waals surface area contributed by atoms with Crippen LogP contribution in [0.2, 0.25) is 0 Å². The number of ketones is 1. The van der Waals surface area contributed by atoms with Gasteiger partial charge < -0.3 is 15.0 Å². The number of hydrogen-bond acceptors (Lipinski definition) is 6. The molecule has 3 heterocycles. The van der Waals surface area contributed by atoms with Crippen molar-refractivity contribution in [1.82, 2.24) is 15.0 Å². The molecule has 8 heteroatoms. The molecule has 0 aliphatic rings. The molecular weight excluding hydrogens is 435 g/mol. The molecule has 4 rings (SSSR count). The van der Waals surface area contributed by atoms with Gasteiger partial charge in [0.15, 0.2) is 0 Å². The van der Waals surface area contributed by atoms with Crippen LogP contribution < -0.4 is 5.32 Å². The fourth-order valence-electron chi connectivity index (χ4n) is 3.50. The van der Waals surface area contributed by atoms with Gasteiger partial charge in [-0.3, -0.25) is 9.78 Å². The van der Waals surface area contributed by atoms with Gasteiger partial charge in [0.25, 0.3) is 5.78 Å². The number of rotatable bonds is 6. The summed E-state index contributed by atoms with van der Waals surface area (Å²) in [4.78, 5) is 36.1. The number of hydrogen-bond donors (Lipinski definition) is 2. The lowest BCUT2D eigenvalue weighted by molar-refractivity contribution is -0.135. The second-order valence-corrected chi connectivity index (χ2v) is 7.55. The number of fused-ring (bicyclic) bond motifs is 1. The number of nitrogens with one attached hydrogen (secondary N) is 2. The number of carbonyl (C=O) groups excluding carboxylic acids is 2. The van der Waals surface area contributed by atoms with Crippen LogP contribution in [0.4, 0.5) is 15.8 Å². The van der Waals surface area contributed by atoms with E-state index in [1.807, 2.05) is 33.8 Å². The third-order valence-electron chi connectivity index (χ3n) is 5.16. The van der Waals surface area contributed by atoms with E-state index >= 15 is 0 Å². The number of nitrogens with zero attached hydrogens (tertiary/aromatic N) is 2. The van der Waals surface area contributed by atoms with E-state index in [4.69, 9.17) is 0 Å². The topological polar surface area (TPSA) is 97.0 Å². The Hall–Kier alpha value is -4.07. The summed E-state index contributed by atoms with van der Waals surface area (Å²) in [5, 5.41) is 3.86. The Bertz CT molecular complexity index is 1310. The van der Waals surface area contributed by atoms with Gasteiger partial charge in [-0.15, -0.1) is 0 Å². The van der Waals surface area contributed by atoms with Gasteiger partial charge in [-0.25, -0.2) is 14.2 Å². The Morgan fingerprint density at radius 3 is 2.41 bits per heavy atom. The van der Waals surface area contributed by atoms with Crippen LogP contribution in [-0.4, -0.2) is 33.8 Å². The standard InChI is InChI=1S/C24H21FN4O3.C2H6/c1-13(2)16-11-27-19(14-4-6-15(25)7-5-14)10-20(16)29-18-8-9-26-23-21(18)17(12-28-23)22(30)24(31)32-3;1-2/h4-13H,1-3H3,(H2,26,27,28,29);1-2H3. The van der Waals surface area contributed by atoms with Crippen molar-refractivity contribution in [3.63, 3.8) is 0 Å². The number of anilines is 2. The largest absolute Gasteiger partial charge is 0.463 e. The maximum Gasteiger partial charge on any atom is 0.379 e. The third kappa shape index (κ3) is 4.96. The number of ether oxygens (including phenoxy) is 1. The number of halogens is 1. The van der Waals surface area contributed by atoms with E-state index in [9.17, 15) is 14.0 Å². The van der Waals surface area contributed by atoms with Gasteiger partial charge in [-0.1, -0.05) is 27.7 Å². The van der Waals surface area contributed by atoms with Crippen molar-refractivity contribution in [2.45, 2.75) is 33.6 Å². The minimum absolute atomic E-state index is 0.159. The van der Waals surface area contributed by atoms with Crippen LogP contribution >= 0.6 is 0 Å². The van der Waals surface area contributed by atoms with Gasteiger partial charge in [0, 0.05) is 29.8 Å². The van der Waals surface area contributed by atoms with Crippen LogP contribution in [-0.2, 0) is 9.53 Å². The highest BCUT2D eigenvalue weighted by atomic mass is 19.1. The minimum Gasteiger partial charge on any atom is -0.463 e. The van der Waals surface area contributed by atoms with Crippen molar-refractivity contribution in [2.24, 2.45) is 0 Å². The summed E-state index contributed by atoms with van der Waals surface area (Å²) in [6.45, 7) is 8.09. The molecule has 7 nitrogen and oxygen atoms in total. The third-order valence-corrected chi connectivity index (χ3v) is 5.16. The Morgan fingerprint density at radius 1 is 1.06 bits per heavy atom. The van der Waals surface area contributed by atoms with E-state index in [2.05, 4.69) is 25.0 Å². The summed E-state index contributed by atoms with van der Waals surface area (Å²) in [6, 6.07) is 9.71. The average Bonchev–Trinajstić information content (AvgIpc) is 3.30. The molecule has 0 bridgehead atoms. The Morgan fingerprint density at radius 2 is 1.76 bits per heavy atom. The maximum atomic E-state index is 13.3. The zero-order chi connectivity index (χ0) is 24.8. The SMILES string of the molecule is CC.COC(=O)C(=O)c1c[nH]c2nccc(Nc3cc(-c4ccc(F)cc4)ncc3C(C)C)c12. The van der Waals surface area contributed by atoms with Gasteiger partial charge >= 0.3 is 5.97 Å².